The van der Waals surface area contributed by atoms with E-state index in [0.717, 1.165) is 22.9 Å². The number of para-hydroxylation sites is 2. The van der Waals surface area contributed by atoms with Gasteiger partial charge in [-0.2, -0.15) is 4.98 Å². The zero-order valence-electron chi connectivity index (χ0n) is 19.2. The van der Waals surface area contributed by atoms with E-state index in [2.05, 4.69) is 15.2 Å². The smallest absolute Gasteiger partial charge is 0.267 e. The first-order chi connectivity index (χ1) is 16.6. The normalized spacial score (nSPS) is 17.3. The first-order valence-corrected chi connectivity index (χ1v) is 11.3. The second kappa shape index (κ2) is 9.46. The summed E-state index contributed by atoms with van der Waals surface area (Å²) in [4.78, 5) is 26.3. The summed E-state index contributed by atoms with van der Waals surface area (Å²) in [6.45, 7) is 4.58. The van der Waals surface area contributed by atoms with Gasteiger partial charge in [-0.25, -0.2) is 4.98 Å². The molecule has 0 bridgehead atoms. The van der Waals surface area contributed by atoms with Crippen molar-refractivity contribution in [2.24, 2.45) is 0 Å². The number of carbonyl (C=O) groups excluding carboxylic acids is 1. The van der Waals surface area contributed by atoms with E-state index in [-0.39, 0.29) is 12.5 Å². The average molecular weight is 462 g/mol. The van der Waals surface area contributed by atoms with Crippen molar-refractivity contribution in [3.8, 4) is 17.2 Å². The first kappa shape index (κ1) is 21.8. The molecule has 0 saturated carbocycles. The van der Waals surface area contributed by atoms with Crippen LogP contribution in [0.5, 0.6) is 17.2 Å². The number of ether oxygens (including phenoxy) is 3. The van der Waals surface area contributed by atoms with Crippen LogP contribution in [0.25, 0.3) is 0 Å². The minimum Gasteiger partial charge on any atom is -0.497 e. The molecule has 1 amide bonds. The van der Waals surface area contributed by atoms with Crippen molar-refractivity contribution in [1.82, 2.24) is 14.9 Å². The molecule has 176 valence electrons. The number of anilines is 3. The largest absolute Gasteiger partial charge is 0.497 e. The van der Waals surface area contributed by atoms with E-state index in [0.29, 0.717) is 43.6 Å². The fraction of sp³-hybridized carbons (Fsp3) is 0.320. The van der Waals surface area contributed by atoms with E-state index < -0.39 is 6.10 Å². The minimum absolute atomic E-state index is 0.0545. The van der Waals surface area contributed by atoms with Crippen molar-refractivity contribution >= 4 is 23.4 Å². The Kier molecular flexibility index (Phi) is 6.07. The van der Waals surface area contributed by atoms with Gasteiger partial charge in [-0.1, -0.05) is 12.1 Å². The van der Waals surface area contributed by atoms with Gasteiger partial charge >= 0.3 is 0 Å². The number of aryl methyl sites for hydroxylation is 1. The van der Waals surface area contributed by atoms with Gasteiger partial charge in [-0.3, -0.25) is 4.79 Å². The number of methoxy groups -OCH3 is 1. The number of carbonyl (C=O) groups is 1. The molecule has 9 nitrogen and oxygen atoms in total. The second-order valence-corrected chi connectivity index (χ2v) is 8.22. The Hall–Kier alpha value is -4.01. The molecule has 1 unspecified atom stereocenters. The molecule has 2 aliphatic rings. The molecule has 0 radical (unpaired) electrons. The predicted octanol–water partition coefficient (Wildman–Crippen LogP) is 3.03. The van der Waals surface area contributed by atoms with Crippen LogP contribution < -0.4 is 24.4 Å². The van der Waals surface area contributed by atoms with Crippen LogP contribution in [0.4, 0.5) is 17.5 Å². The molecular weight excluding hydrogens is 434 g/mol. The van der Waals surface area contributed by atoms with Crippen LogP contribution >= 0.6 is 0 Å². The molecule has 1 saturated heterocycles. The quantitative estimate of drug-likeness (QED) is 0.620. The molecule has 0 spiro atoms. The highest BCUT2D eigenvalue weighted by Gasteiger charge is 2.33. The molecular formula is C25H27N5O4. The summed E-state index contributed by atoms with van der Waals surface area (Å²) in [5.74, 6) is 3.39. The lowest BCUT2D eigenvalue weighted by atomic mass is 10.2. The number of amides is 1. The van der Waals surface area contributed by atoms with Crippen LogP contribution in [-0.4, -0.2) is 66.8 Å². The van der Waals surface area contributed by atoms with Gasteiger partial charge in [0, 0.05) is 43.6 Å². The zero-order valence-corrected chi connectivity index (χ0v) is 19.2. The molecule has 1 fully saturated rings. The molecule has 1 atom stereocenters. The Morgan fingerprint density at radius 1 is 1.03 bits per heavy atom. The lowest BCUT2D eigenvalue weighted by Crippen LogP contribution is -2.54. The number of hydrogen-bond donors (Lipinski definition) is 1. The second-order valence-electron chi connectivity index (χ2n) is 8.22. The summed E-state index contributed by atoms with van der Waals surface area (Å²) < 4.78 is 16.8. The van der Waals surface area contributed by atoms with Crippen molar-refractivity contribution in [2.75, 3.05) is 50.1 Å². The number of nitrogens with zero attached hydrogens (tertiary/aromatic N) is 4. The van der Waals surface area contributed by atoms with E-state index in [1.165, 1.54) is 0 Å². The molecule has 9 heteroatoms. The van der Waals surface area contributed by atoms with Crippen LogP contribution in [0.2, 0.25) is 0 Å². The van der Waals surface area contributed by atoms with E-state index in [1.54, 1.807) is 7.11 Å². The van der Waals surface area contributed by atoms with Crippen LogP contribution in [0.3, 0.4) is 0 Å². The van der Waals surface area contributed by atoms with E-state index in [4.69, 9.17) is 19.2 Å². The van der Waals surface area contributed by atoms with Gasteiger partial charge in [0.25, 0.3) is 5.91 Å². The highest BCUT2D eigenvalue weighted by Crippen LogP contribution is 2.31. The summed E-state index contributed by atoms with van der Waals surface area (Å²) in [7, 11) is 1.64. The van der Waals surface area contributed by atoms with E-state index in [1.807, 2.05) is 66.4 Å². The van der Waals surface area contributed by atoms with Crippen LogP contribution in [0, 0.1) is 6.92 Å². The standard InChI is InChI=1S/C25H27N5O4/c1-17-15-23(27-18-7-9-19(32-2)10-8-18)28-25(26-17)30-13-11-29(12-14-30)24(31)22-16-33-20-5-3-4-6-21(20)34-22/h3-10,15,22H,11-14,16H2,1-2H3,(H,26,27,28). The van der Waals surface area contributed by atoms with Gasteiger partial charge in [0.05, 0.1) is 7.11 Å². The van der Waals surface area contributed by atoms with Gasteiger partial charge in [0.1, 0.15) is 18.2 Å². The highest BCUT2D eigenvalue weighted by molar-refractivity contribution is 5.82. The fourth-order valence-corrected chi connectivity index (χ4v) is 4.05. The number of hydrogen-bond acceptors (Lipinski definition) is 8. The third-order valence-electron chi connectivity index (χ3n) is 5.86. The summed E-state index contributed by atoms with van der Waals surface area (Å²) in [6, 6.07) is 17.0. The van der Waals surface area contributed by atoms with Gasteiger partial charge in [0.15, 0.2) is 11.5 Å². The lowest BCUT2D eigenvalue weighted by molar-refractivity contribution is -0.141. The predicted molar refractivity (Wildman–Crippen MR) is 128 cm³/mol. The van der Waals surface area contributed by atoms with Crippen molar-refractivity contribution in [1.29, 1.82) is 0 Å². The number of fused-ring (bicyclic) bond motifs is 1. The van der Waals surface area contributed by atoms with Crippen LogP contribution in [0.1, 0.15) is 5.69 Å². The molecule has 1 aromatic heterocycles. The number of piperazine rings is 1. The Labute approximate surface area is 198 Å². The summed E-state index contributed by atoms with van der Waals surface area (Å²) in [5, 5.41) is 3.33. The third-order valence-corrected chi connectivity index (χ3v) is 5.86. The minimum atomic E-state index is -0.628. The molecule has 3 aromatic rings. The molecule has 5 rings (SSSR count). The van der Waals surface area contributed by atoms with E-state index >= 15 is 0 Å². The number of rotatable bonds is 5. The van der Waals surface area contributed by atoms with Crippen molar-refractivity contribution in [3.63, 3.8) is 0 Å². The van der Waals surface area contributed by atoms with Crippen molar-refractivity contribution < 1.29 is 19.0 Å². The van der Waals surface area contributed by atoms with Gasteiger partial charge in [-0.05, 0) is 43.3 Å². The third kappa shape index (κ3) is 4.68. The SMILES string of the molecule is COc1ccc(Nc2cc(C)nc(N3CCN(C(=O)C4COc5ccccc5O4)CC3)n2)cc1. The average Bonchev–Trinajstić information content (AvgIpc) is 2.88. The Bertz CT molecular complexity index is 1160. The van der Waals surface area contributed by atoms with E-state index in [9.17, 15) is 4.79 Å². The Morgan fingerprint density at radius 3 is 2.50 bits per heavy atom. The first-order valence-electron chi connectivity index (χ1n) is 11.3. The molecule has 0 aliphatic carbocycles. The summed E-state index contributed by atoms with van der Waals surface area (Å²) >= 11 is 0. The monoisotopic (exact) mass is 461 g/mol. The van der Waals surface area contributed by atoms with Gasteiger partial charge < -0.3 is 29.3 Å². The van der Waals surface area contributed by atoms with Gasteiger partial charge in [0.2, 0.25) is 12.1 Å². The summed E-state index contributed by atoms with van der Waals surface area (Å²) in [5.41, 5.74) is 1.78. The van der Waals surface area contributed by atoms with Crippen molar-refractivity contribution in [3.05, 3.63) is 60.3 Å². The fourth-order valence-electron chi connectivity index (χ4n) is 4.05. The molecule has 34 heavy (non-hydrogen) atoms. The molecule has 2 aromatic carbocycles. The maximum absolute atomic E-state index is 13.0. The molecule has 1 N–H and O–H groups in total. The molecule has 2 aliphatic heterocycles. The lowest BCUT2D eigenvalue weighted by Gasteiger charge is -2.37. The zero-order chi connectivity index (χ0) is 23.5. The topological polar surface area (TPSA) is 89.1 Å². The Morgan fingerprint density at radius 2 is 1.76 bits per heavy atom. The van der Waals surface area contributed by atoms with Crippen molar-refractivity contribution in [2.45, 2.75) is 13.0 Å². The number of nitrogens with one attached hydrogen (secondary N) is 1. The molecule has 3 heterocycles. The number of benzene rings is 2. The number of aromatic nitrogens is 2. The maximum atomic E-state index is 13.0. The summed E-state index contributed by atoms with van der Waals surface area (Å²) in [6.07, 6.45) is -0.628. The van der Waals surface area contributed by atoms with Crippen LogP contribution in [0.15, 0.2) is 54.6 Å². The Balaban J connectivity index is 1.21. The highest BCUT2D eigenvalue weighted by atomic mass is 16.6. The van der Waals surface area contributed by atoms with Gasteiger partial charge in [-0.15, -0.1) is 0 Å². The van der Waals surface area contributed by atoms with Crippen LogP contribution in [-0.2, 0) is 4.79 Å². The maximum Gasteiger partial charge on any atom is 0.267 e.